The smallest absolute Gasteiger partial charge is 0.409 e. The van der Waals surface area contributed by atoms with Crippen molar-refractivity contribution in [2.24, 2.45) is 0 Å². The number of ether oxygens (including phenoxy) is 5. The minimum absolute atomic E-state index is 0.0310. The summed E-state index contributed by atoms with van der Waals surface area (Å²) in [7, 11) is 0. The van der Waals surface area contributed by atoms with Crippen molar-refractivity contribution in [3.05, 3.63) is 106 Å². The lowest BCUT2D eigenvalue weighted by atomic mass is 9.97. The van der Waals surface area contributed by atoms with Crippen molar-refractivity contribution in [1.29, 1.82) is 0 Å². The van der Waals surface area contributed by atoms with Gasteiger partial charge in [-0.2, -0.15) is 0 Å². The number of aromatic amines is 2. The number of amides is 5. The van der Waals surface area contributed by atoms with Gasteiger partial charge in [0.1, 0.15) is 11.5 Å². The van der Waals surface area contributed by atoms with E-state index in [0.717, 1.165) is 53.5 Å². The fourth-order valence-corrected chi connectivity index (χ4v) is 10.9. The average molecular weight is 1060 g/mol. The Labute approximate surface area is 441 Å². The van der Waals surface area contributed by atoms with Crippen molar-refractivity contribution in [3.63, 3.8) is 0 Å². The van der Waals surface area contributed by atoms with E-state index in [0.29, 0.717) is 102 Å². The number of aromatic nitrogens is 2. The first-order valence-electron chi connectivity index (χ1n) is 25.2. The van der Waals surface area contributed by atoms with E-state index >= 15 is 0 Å². The number of aryl methyl sites for hydroxylation is 1. The highest BCUT2D eigenvalue weighted by atomic mass is 35.5. The quantitative estimate of drug-likeness (QED) is 0.0250. The standard InChI is InChI=1S/C55H59ClN6O12S/c1-35-34-75-53-47(31-45-52(51(35)53)39(32-56)33-62(45)54(68)44-30-38-27-36(8-9-42(38)58-44)28-46(64)43-29-37-5-2-3-7-41(37)57-43)74-55(69)60-17-15-59(16-18-60)48(65)13-20-71-22-24-73-26-25-72-23-21-70-19-4-6-40(63)12-14-61-49(66)10-11-50(61)67/h2-3,5,7-11,27,29-31,34,39,57-58H,4,6,12-26,28,32-33H2,1H3/t39-/m0/s1. The third-order valence-corrected chi connectivity index (χ3v) is 15.1. The number of carbonyl (C=O) groups is 7. The molecule has 0 radical (unpaired) electrons. The summed E-state index contributed by atoms with van der Waals surface area (Å²) in [6.45, 7) is 6.48. The molecule has 0 aliphatic carbocycles. The van der Waals surface area contributed by atoms with Gasteiger partial charge in [-0.1, -0.05) is 24.3 Å². The zero-order valence-electron chi connectivity index (χ0n) is 41.7. The largest absolute Gasteiger partial charge is 0.415 e. The molecule has 1 atom stereocenters. The van der Waals surface area contributed by atoms with E-state index in [9.17, 15) is 33.6 Å². The number of hydrogen-bond acceptors (Lipinski definition) is 13. The van der Waals surface area contributed by atoms with E-state index in [1.54, 1.807) is 26.8 Å². The summed E-state index contributed by atoms with van der Waals surface area (Å²) in [5.41, 5.74) is 5.98. The fourth-order valence-electron chi connectivity index (χ4n) is 9.61. The SMILES string of the molecule is Cc1csc2c(OC(=O)N3CCN(C(=O)CCOCCOCCOCCOCCCC(=O)CCN4C(=O)C=CC4=O)CC3)cc3c(c12)[C@@H](CCl)CN3C(=O)c1cc2cc(CC(=O)c3cc4ccccc4[nH]3)ccc2[nH]1. The van der Waals surface area contributed by atoms with E-state index in [1.165, 1.54) is 23.5 Å². The minimum atomic E-state index is -0.541. The highest BCUT2D eigenvalue weighted by Gasteiger charge is 2.37. The van der Waals surface area contributed by atoms with Gasteiger partial charge in [0.2, 0.25) is 5.91 Å². The monoisotopic (exact) mass is 1060 g/mol. The molecule has 5 amide bonds. The van der Waals surface area contributed by atoms with Gasteiger partial charge in [0.15, 0.2) is 11.5 Å². The lowest BCUT2D eigenvalue weighted by Gasteiger charge is -2.34. The third-order valence-electron chi connectivity index (χ3n) is 13.6. The molecule has 18 nitrogen and oxygen atoms in total. The summed E-state index contributed by atoms with van der Waals surface area (Å²) >= 11 is 8.07. The number of ketones is 2. The lowest BCUT2D eigenvalue weighted by Crippen LogP contribution is -2.51. The highest BCUT2D eigenvalue weighted by molar-refractivity contribution is 7.17. The molecule has 6 aromatic rings. The van der Waals surface area contributed by atoms with Crippen LogP contribution in [0.5, 0.6) is 5.75 Å². The second-order valence-electron chi connectivity index (χ2n) is 18.7. The summed E-state index contributed by atoms with van der Waals surface area (Å²) in [6, 6.07) is 18.9. The van der Waals surface area contributed by atoms with Crippen LogP contribution in [0.25, 0.3) is 31.9 Å². The Morgan fingerprint density at radius 1 is 0.720 bits per heavy atom. The molecule has 1 saturated heterocycles. The highest BCUT2D eigenvalue weighted by Crippen LogP contribution is 2.49. The number of Topliss-reactive ketones (excluding diaryl/α,β-unsaturated/α-hetero) is 2. The molecule has 1 fully saturated rings. The normalized spacial score (nSPS) is 15.6. The van der Waals surface area contributed by atoms with Crippen LogP contribution in [-0.2, 0) is 44.5 Å². The van der Waals surface area contributed by atoms with Crippen molar-refractivity contribution >= 4 is 102 Å². The minimum Gasteiger partial charge on any atom is -0.409 e. The van der Waals surface area contributed by atoms with Crippen LogP contribution in [-0.4, -0.2) is 164 Å². The second kappa shape index (κ2) is 24.7. The Morgan fingerprint density at radius 2 is 1.37 bits per heavy atom. The number of nitrogens with one attached hydrogen (secondary N) is 2. The zero-order valence-corrected chi connectivity index (χ0v) is 43.3. The third kappa shape index (κ3) is 12.7. The summed E-state index contributed by atoms with van der Waals surface area (Å²) < 4.78 is 29.1. The number of fused-ring (bicyclic) bond motifs is 5. The van der Waals surface area contributed by atoms with E-state index < -0.39 is 6.09 Å². The maximum Gasteiger partial charge on any atom is 0.415 e. The first-order chi connectivity index (χ1) is 36.4. The van der Waals surface area contributed by atoms with Crippen LogP contribution in [0.3, 0.4) is 0 Å². The Morgan fingerprint density at radius 3 is 2.09 bits per heavy atom. The van der Waals surface area contributed by atoms with Gasteiger partial charge in [0, 0.05) is 122 Å². The number of alkyl halides is 1. The zero-order chi connectivity index (χ0) is 52.4. The first kappa shape index (κ1) is 53.1. The number of H-pyrrole nitrogens is 2. The number of hydrogen-bond donors (Lipinski definition) is 2. The van der Waals surface area contributed by atoms with E-state index in [4.69, 9.17) is 35.3 Å². The van der Waals surface area contributed by atoms with Crippen LogP contribution >= 0.6 is 22.9 Å². The lowest BCUT2D eigenvalue weighted by molar-refractivity contribution is -0.137. The van der Waals surface area contributed by atoms with Crippen molar-refractivity contribution in [2.75, 3.05) is 103 Å². The molecule has 9 rings (SSSR count). The van der Waals surface area contributed by atoms with E-state index in [-0.39, 0.29) is 92.5 Å². The molecular weight excluding hydrogens is 1000 g/mol. The molecule has 2 N–H and O–H groups in total. The molecule has 0 bridgehead atoms. The van der Waals surface area contributed by atoms with Gasteiger partial charge in [-0.05, 0) is 65.7 Å². The summed E-state index contributed by atoms with van der Waals surface area (Å²) in [4.78, 5) is 102. The number of rotatable bonds is 25. The van der Waals surface area contributed by atoms with Crippen molar-refractivity contribution in [2.45, 2.75) is 44.9 Å². The Bertz CT molecular complexity index is 3090. The van der Waals surface area contributed by atoms with E-state index in [2.05, 4.69) is 9.97 Å². The predicted molar refractivity (Wildman–Crippen MR) is 283 cm³/mol. The van der Waals surface area contributed by atoms with Gasteiger partial charge >= 0.3 is 6.09 Å². The number of imide groups is 1. The summed E-state index contributed by atoms with van der Waals surface area (Å²) in [5, 5.41) is 4.71. The average Bonchev–Trinajstić information content (AvgIpc) is 4.26. The number of carbonyl (C=O) groups excluding carboxylic acids is 7. The van der Waals surface area contributed by atoms with Crippen molar-refractivity contribution in [3.8, 4) is 5.75 Å². The Hall–Kier alpha value is -6.74. The maximum atomic E-state index is 14.5. The van der Waals surface area contributed by atoms with E-state index in [1.807, 2.05) is 60.8 Å². The van der Waals surface area contributed by atoms with Gasteiger partial charge < -0.3 is 48.4 Å². The molecule has 0 unspecified atom stereocenters. The molecule has 0 saturated carbocycles. The van der Waals surface area contributed by atoms with Gasteiger partial charge in [0.05, 0.1) is 68.8 Å². The van der Waals surface area contributed by atoms with Gasteiger partial charge in [-0.15, -0.1) is 22.9 Å². The van der Waals surface area contributed by atoms with Crippen LogP contribution in [0.4, 0.5) is 10.5 Å². The second-order valence-corrected chi connectivity index (χ2v) is 19.8. The number of para-hydroxylation sites is 1. The number of nitrogens with zero attached hydrogens (tertiary/aromatic N) is 4. The number of benzene rings is 3. The molecule has 3 aromatic carbocycles. The van der Waals surface area contributed by atoms with Crippen molar-refractivity contribution in [1.82, 2.24) is 24.7 Å². The molecular formula is C55H59ClN6O12S. The van der Waals surface area contributed by atoms with Crippen molar-refractivity contribution < 1.29 is 57.2 Å². The van der Waals surface area contributed by atoms with Crippen LogP contribution in [0.1, 0.15) is 69.3 Å². The number of anilines is 1. The summed E-state index contributed by atoms with van der Waals surface area (Å²) in [5.74, 6) is -0.695. The fraction of sp³-hybridized carbons (Fsp3) is 0.400. The number of piperazine rings is 1. The molecule has 0 spiro atoms. The van der Waals surface area contributed by atoms with Gasteiger partial charge in [-0.25, -0.2) is 4.79 Å². The topological polar surface area (TPSA) is 210 Å². The van der Waals surface area contributed by atoms with Crippen LogP contribution < -0.4 is 9.64 Å². The summed E-state index contributed by atoms with van der Waals surface area (Å²) in [6.07, 6.45) is 3.23. The van der Waals surface area contributed by atoms with Crippen LogP contribution in [0.2, 0.25) is 0 Å². The molecule has 75 heavy (non-hydrogen) atoms. The Kier molecular flexibility index (Phi) is 17.5. The predicted octanol–water partition coefficient (Wildman–Crippen LogP) is 7.34. The number of thiophene rings is 1. The first-order valence-corrected chi connectivity index (χ1v) is 26.6. The van der Waals surface area contributed by atoms with Crippen LogP contribution in [0, 0.1) is 6.92 Å². The van der Waals surface area contributed by atoms with Gasteiger partial charge in [0.25, 0.3) is 17.7 Å². The maximum absolute atomic E-state index is 14.5. The molecule has 3 aromatic heterocycles. The molecule has 3 aliphatic heterocycles. The molecule has 3 aliphatic rings. The Balaban J connectivity index is 0.683. The molecule has 20 heteroatoms. The molecule has 394 valence electrons. The number of halogens is 1. The van der Waals surface area contributed by atoms with Crippen LogP contribution in [0.15, 0.2) is 78.2 Å². The molecule has 6 heterocycles. The van der Waals surface area contributed by atoms with Gasteiger partial charge in [-0.3, -0.25) is 33.7 Å².